The Kier molecular flexibility index (Phi) is 25.7. The number of aliphatic hydroxyl groups is 1. The van der Waals surface area contributed by atoms with Gasteiger partial charge >= 0.3 is 17.9 Å². The van der Waals surface area contributed by atoms with Gasteiger partial charge in [-0.05, 0) is 114 Å². The highest BCUT2D eigenvalue weighted by Gasteiger charge is 2.50. The average molecular weight is 1520 g/mol. The summed E-state index contributed by atoms with van der Waals surface area (Å²) >= 11 is 0. The van der Waals surface area contributed by atoms with E-state index in [4.69, 9.17) is 28.4 Å². The lowest BCUT2D eigenvalue weighted by molar-refractivity contribution is -0.193. The number of hydrogen-bond donors (Lipinski definition) is 4. The van der Waals surface area contributed by atoms with Gasteiger partial charge in [-0.25, -0.2) is 23.2 Å². The highest BCUT2D eigenvalue weighted by Crippen LogP contribution is 2.45. The van der Waals surface area contributed by atoms with Gasteiger partial charge in [-0.2, -0.15) is 0 Å². The van der Waals surface area contributed by atoms with Crippen molar-refractivity contribution in [3.8, 4) is 17.2 Å². The largest absolute Gasteiger partial charge is 0.489 e. The van der Waals surface area contributed by atoms with Crippen LogP contribution in [0.2, 0.25) is 0 Å². The molecule has 0 bridgehead atoms. The molecule has 3 fully saturated rings. The van der Waals surface area contributed by atoms with Gasteiger partial charge in [0.1, 0.15) is 55.2 Å². The van der Waals surface area contributed by atoms with E-state index in [9.17, 15) is 58.0 Å². The first kappa shape index (κ1) is 79.0. The third kappa shape index (κ3) is 19.6. The zero-order valence-electron chi connectivity index (χ0n) is 62.4. The van der Waals surface area contributed by atoms with E-state index in [1.165, 1.54) is 14.7 Å². The maximum Gasteiger partial charge on any atom is 0.326 e. The number of ether oxygens (including phenoxy) is 6. The van der Waals surface area contributed by atoms with Gasteiger partial charge in [0.25, 0.3) is 23.6 Å². The number of aliphatic hydroxyl groups excluding tert-OH is 1. The minimum atomic E-state index is -2.81. The van der Waals surface area contributed by atoms with Crippen molar-refractivity contribution >= 4 is 35.6 Å². The van der Waals surface area contributed by atoms with E-state index < -0.39 is 90.7 Å². The van der Waals surface area contributed by atoms with Crippen molar-refractivity contribution in [1.29, 1.82) is 0 Å². The monoisotopic (exact) mass is 1520 g/mol. The average Bonchev–Trinajstić information content (AvgIpc) is 0.875. The first-order valence-electron chi connectivity index (χ1n) is 38.4. The quantitative estimate of drug-likeness (QED) is 0.0439. The van der Waals surface area contributed by atoms with Crippen LogP contribution in [0.1, 0.15) is 156 Å². The molecule has 112 heavy (non-hydrogen) atoms. The van der Waals surface area contributed by atoms with Crippen molar-refractivity contribution in [3.63, 3.8) is 0 Å². The van der Waals surface area contributed by atoms with Gasteiger partial charge in [-0.15, -0.1) is 0 Å². The molecule has 6 aliphatic rings. The molecule has 3 aliphatic carbocycles. The Labute approximate surface area is 650 Å². The van der Waals surface area contributed by atoms with Crippen molar-refractivity contribution < 1.29 is 86.4 Å². The molecule has 21 heteroatoms. The molecule has 0 aromatic heterocycles. The fourth-order valence-electron chi connectivity index (χ4n) is 15.7. The number of aliphatic carboxylic acids is 3. The van der Waals surface area contributed by atoms with E-state index >= 15 is 0 Å². The van der Waals surface area contributed by atoms with Crippen LogP contribution in [0.25, 0.3) is 0 Å². The Balaban J connectivity index is 0.000000147. The molecule has 3 aliphatic heterocycles. The van der Waals surface area contributed by atoms with Crippen molar-refractivity contribution in [1.82, 2.24) is 14.7 Å². The summed E-state index contributed by atoms with van der Waals surface area (Å²) in [5, 5.41) is 40.3. The lowest BCUT2D eigenvalue weighted by Gasteiger charge is -2.40. The molecule has 0 spiro atoms. The van der Waals surface area contributed by atoms with Gasteiger partial charge in [0.05, 0.1) is 23.9 Å². The molecule has 6 unspecified atom stereocenters. The number of carboxylic acids is 3. The number of carbonyl (C=O) groups excluding carboxylic acids is 3. The maximum absolute atomic E-state index is 14.1. The smallest absolute Gasteiger partial charge is 0.326 e. The summed E-state index contributed by atoms with van der Waals surface area (Å²) in [7, 11) is 0. The van der Waals surface area contributed by atoms with E-state index in [1.54, 1.807) is 36.4 Å². The van der Waals surface area contributed by atoms with Gasteiger partial charge in [0, 0.05) is 68.4 Å². The summed E-state index contributed by atoms with van der Waals surface area (Å²) < 4.78 is 63.9. The number of alkyl halides is 2. The fourth-order valence-corrected chi connectivity index (χ4v) is 15.7. The van der Waals surface area contributed by atoms with Crippen LogP contribution in [0.15, 0.2) is 237 Å². The van der Waals surface area contributed by atoms with Crippen LogP contribution in [-0.2, 0) is 102 Å². The molecule has 3 amide bonds. The summed E-state index contributed by atoms with van der Waals surface area (Å²) in [4.78, 5) is 83.3. The summed E-state index contributed by atoms with van der Waals surface area (Å²) in [6.07, 6.45) is 1.69. The number of carbonyl (C=O) groups is 6. The SMILES string of the molecule is CC1(OC(C(=O)N2Cc3cccc(OCc4ccccc4)c3CC2C(=O)O)c2ccccc2)CCCC1.O=C(O)C1Cc2c(cccc2OCc2ccccc2)CN1C(=O)C(OC1CC(F)(F)C1)c1ccccc1.O=C(O)C1Cc2c(cccc2OCc2ccccc2)CN1C(=O)C(OC1CCC(O)CC1)c1ccccc1. The number of nitrogens with zero attached hydrogens (tertiary/aromatic N) is 3. The zero-order valence-corrected chi connectivity index (χ0v) is 62.4. The van der Waals surface area contributed by atoms with Crippen LogP contribution in [0, 0.1) is 0 Å². The van der Waals surface area contributed by atoms with Crippen LogP contribution in [0.4, 0.5) is 8.78 Å². The number of amides is 3. The van der Waals surface area contributed by atoms with Crippen molar-refractivity contribution in [2.24, 2.45) is 0 Å². The molecule has 582 valence electrons. The third-order valence-corrected chi connectivity index (χ3v) is 21.8. The predicted molar refractivity (Wildman–Crippen MR) is 413 cm³/mol. The fraction of sp³-hybridized carbons (Fsp3) is 0.341. The van der Waals surface area contributed by atoms with E-state index in [-0.39, 0.29) is 62.9 Å². The van der Waals surface area contributed by atoms with Crippen LogP contribution in [0.3, 0.4) is 0 Å². The van der Waals surface area contributed by atoms with E-state index in [0.29, 0.717) is 73.9 Å². The third-order valence-electron chi connectivity index (χ3n) is 21.8. The first-order chi connectivity index (χ1) is 54.2. The Morgan fingerprint density at radius 2 is 0.705 bits per heavy atom. The highest BCUT2D eigenvalue weighted by atomic mass is 19.3. The Hall–Kier alpha value is -11.1. The number of carboxylic acid groups (broad SMARTS) is 3. The van der Waals surface area contributed by atoms with E-state index in [1.807, 2.05) is 200 Å². The van der Waals surface area contributed by atoms with Crippen LogP contribution < -0.4 is 14.2 Å². The van der Waals surface area contributed by atoms with Crippen LogP contribution in [0.5, 0.6) is 17.2 Å². The number of rotatable bonds is 24. The Morgan fingerprint density at radius 1 is 0.402 bits per heavy atom. The topological polar surface area (TPSA) is 248 Å². The summed E-state index contributed by atoms with van der Waals surface area (Å²) in [5.41, 5.74) is 9.51. The van der Waals surface area contributed by atoms with Gasteiger partial charge < -0.3 is 63.5 Å². The molecule has 9 aromatic carbocycles. The lowest BCUT2D eigenvalue weighted by atomic mass is 9.90. The first-order valence-corrected chi connectivity index (χ1v) is 38.4. The lowest BCUT2D eigenvalue weighted by Crippen LogP contribution is -2.51. The molecule has 3 saturated carbocycles. The molecule has 0 radical (unpaired) electrons. The predicted octanol–water partition coefficient (Wildman–Crippen LogP) is 15.5. The molecule has 0 saturated heterocycles. The maximum atomic E-state index is 14.1. The van der Waals surface area contributed by atoms with Crippen LogP contribution >= 0.6 is 0 Å². The van der Waals surface area contributed by atoms with E-state index in [2.05, 4.69) is 6.92 Å². The molecular formula is C91H93F2N3O16. The standard InChI is InChI=1S/C31H33NO6.C31H33NO5.C29H27F2NO5/c33-24-14-16-25(17-15-24)38-29(22-10-5-2-6-11-22)30(34)32-19-23-12-7-13-28(26(23)18-27(32)31(35)36)37-20-21-8-3-1-4-9-21;1-31(17-8-9-18-31)37-28(23-13-6-3-7-14-23)29(33)32-20-24-15-10-16-27(25(24)19-26(32)30(34)35)36-21-22-11-4-2-5-12-22;30-29(31)15-22(16-29)37-26(20-10-5-2-6-11-20)27(33)32-17-21-12-7-13-25(23(21)14-24(32)28(34)35)36-18-19-8-3-1-4-9-19/h1-13,24-25,27,29,33H,14-20H2,(H,35,36);2-7,10-16,26,28H,8-9,17-21H2,1H3,(H,34,35);1-13,22,24,26H,14-18H2,(H,34,35). The zero-order chi connectivity index (χ0) is 78.3. The molecule has 3 heterocycles. The van der Waals surface area contributed by atoms with Gasteiger partial charge in [-0.3, -0.25) is 14.4 Å². The highest BCUT2D eigenvalue weighted by molar-refractivity contribution is 5.90. The Morgan fingerprint density at radius 3 is 1.03 bits per heavy atom. The van der Waals surface area contributed by atoms with Crippen molar-refractivity contribution in [2.75, 3.05) is 0 Å². The van der Waals surface area contributed by atoms with Gasteiger partial charge in [0.15, 0.2) is 18.3 Å². The number of hydrogen-bond acceptors (Lipinski definition) is 13. The molecular weight excluding hydrogens is 1430 g/mol. The Bertz CT molecular complexity index is 4680. The van der Waals surface area contributed by atoms with E-state index in [0.717, 1.165) is 81.3 Å². The molecule has 9 aromatic rings. The second-order valence-corrected chi connectivity index (χ2v) is 29.8. The normalized spacial score (nSPS) is 20.1. The molecule has 4 N–H and O–H groups in total. The van der Waals surface area contributed by atoms with Crippen molar-refractivity contribution in [3.05, 3.63) is 303 Å². The molecule has 15 rings (SSSR count). The summed E-state index contributed by atoms with van der Waals surface area (Å²) in [6, 6.07) is 70.1. The van der Waals surface area contributed by atoms with Crippen molar-refractivity contribution in [2.45, 2.75) is 196 Å². The summed E-state index contributed by atoms with van der Waals surface area (Å²) in [6.45, 7) is 3.53. The van der Waals surface area contributed by atoms with Gasteiger partial charge in [-0.1, -0.05) is 231 Å². The number of halogens is 2. The second-order valence-electron chi connectivity index (χ2n) is 29.8. The van der Waals surface area contributed by atoms with Gasteiger partial charge in [0.2, 0.25) is 0 Å². The number of benzene rings is 9. The molecule has 6 atom stereocenters. The summed E-state index contributed by atoms with van der Waals surface area (Å²) in [5.74, 6) is -5.41. The second kappa shape index (κ2) is 36.4. The minimum Gasteiger partial charge on any atom is -0.489 e. The number of fused-ring (bicyclic) bond motifs is 3. The van der Waals surface area contributed by atoms with Crippen LogP contribution in [-0.4, -0.2) is 119 Å². The minimum absolute atomic E-state index is 0.0428. The molecule has 19 nitrogen and oxygen atoms in total.